The van der Waals surface area contributed by atoms with Crippen LogP contribution in [0.15, 0.2) is 4.99 Å². The number of nitrogens with zero attached hydrogens (tertiary/aromatic N) is 3. The number of amides is 2. The summed E-state index contributed by atoms with van der Waals surface area (Å²) in [6, 6.07) is -1.39. The lowest BCUT2D eigenvalue weighted by atomic mass is 10.00. The number of hydroxylamine groups is 2. The second kappa shape index (κ2) is 5.78. The molecule has 2 bridgehead atoms. The Kier molecular flexibility index (Phi) is 4.40. The van der Waals surface area contributed by atoms with Gasteiger partial charge in [0.25, 0.3) is 0 Å². The Balaban J connectivity index is 2.12. The van der Waals surface area contributed by atoms with Crippen LogP contribution in [0.25, 0.3) is 0 Å². The molecule has 0 aromatic carbocycles. The molecule has 0 radical (unpaired) electrons. The number of amidine groups is 1. The van der Waals surface area contributed by atoms with Gasteiger partial charge in [-0.25, -0.2) is 4.79 Å². The maximum Gasteiger partial charge on any atom is 0.418 e. The van der Waals surface area contributed by atoms with Gasteiger partial charge in [0.05, 0.1) is 12.1 Å². The summed E-state index contributed by atoms with van der Waals surface area (Å²) in [5, 5.41) is 0.699. The van der Waals surface area contributed by atoms with Crippen molar-refractivity contribution in [3.63, 3.8) is 0 Å². The maximum atomic E-state index is 12.2. The van der Waals surface area contributed by atoms with Gasteiger partial charge < -0.3 is 10.6 Å². The molecule has 120 valence electrons. The highest BCUT2D eigenvalue weighted by Crippen LogP contribution is 2.30. The third-order valence-corrected chi connectivity index (χ3v) is 3.83. The van der Waals surface area contributed by atoms with E-state index in [0.717, 1.165) is 0 Å². The van der Waals surface area contributed by atoms with Crippen molar-refractivity contribution in [2.45, 2.75) is 38.8 Å². The summed E-state index contributed by atoms with van der Waals surface area (Å²) in [7, 11) is -4.72. The lowest BCUT2D eigenvalue weighted by Crippen LogP contribution is -2.48. The van der Waals surface area contributed by atoms with E-state index in [2.05, 4.69) is 9.28 Å². The second-order valence-electron chi connectivity index (χ2n) is 5.67. The fourth-order valence-corrected chi connectivity index (χ4v) is 2.92. The number of hydrogen-bond acceptors (Lipinski definition) is 5. The topological polar surface area (TPSA) is 126 Å². The van der Waals surface area contributed by atoms with Crippen molar-refractivity contribution in [1.29, 1.82) is 0 Å². The van der Waals surface area contributed by atoms with Crippen LogP contribution in [-0.2, 0) is 14.7 Å². The highest BCUT2D eigenvalue weighted by molar-refractivity contribution is 7.80. The molecular formula is C11H20N4O5S. The molecule has 0 aromatic rings. The third-order valence-electron chi connectivity index (χ3n) is 3.48. The summed E-state index contributed by atoms with van der Waals surface area (Å²) >= 11 is 0. The van der Waals surface area contributed by atoms with Crippen molar-refractivity contribution < 1.29 is 22.0 Å². The minimum absolute atomic E-state index is 0.302. The molecule has 0 saturated carbocycles. The van der Waals surface area contributed by atoms with Gasteiger partial charge in [0.15, 0.2) is 0 Å². The van der Waals surface area contributed by atoms with E-state index in [1.807, 2.05) is 13.8 Å². The summed E-state index contributed by atoms with van der Waals surface area (Å²) in [4.78, 5) is 17.9. The van der Waals surface area contributed by atoms with Crippen molar-refractivity contribution in [2.24, 2.45) is 16.6 Å². The monoisotopic (exact) mass is 320 g/mol. The standard InChI is InChI=1S/C11H20N4O5S/c1-7(2)5-13-10(12)9-4-3-8-6-14(9)11(16)15(8)20-21(17,18)19/h7-9H,3-6H2,1-2H3,(H2,12,13)(H,17,18,19)/t8-,9+/m1/s1. The summed E-state index contributed by atoms with van der Waals surface area (Å²) in [5.41, 5.74) is 5.95. The summed E-state index contributed by atoms with van der Waals surface area (Å²) in [5.74, 6) is 0.720. The first-order chi connectivity index (χ1) is 9.69. The Labute approximate surface area is 123 Å². The van der Waals surface area contributed by atoms with Crippen LogP contribution in [0.5, 0.6) is 0 Å². The molecule has 2 heterocycles. The van der Waals surface area contributed by atoms with Crippen LogP contribution < -0.4 is 5.73 Å². The van der Waals surface area contributed by atoms with Gasteiger partial charge in [-0.1, -0.05) is 13.8 Å². The predicted octanol–water partition coefficient (Wildman–Crippen LogP) is 0.00260. The molecule has 0 aromatic heterocycles. The summed E-state index contributed by atoms with van der Waals surface area (Å²) in [6.07, 6.45) is 1.11. The van der Waals surface area contributed by atoms with E-state index in [4.69, 9.17) is 10.3 Å². The molecular weight excluding hydrogens is 300 g/mol. The molecule has 2 rings (SSSR count). The summed E-state index contributed by atoms with van der Waals surface area (Å²) in [6.45, 7) is 4.89. The predicted molar refractivity (Wildman–Crippen MR) is 74.7 cm³/mol. The number of carbonyl (C=O) groups is 1. The number of nitrogens with two attached hydrogens (primary N) is 1. The highest BCUT2D eigenvalue weighted by atomic mass is 32.3. The van der Waals surface area contributed by atoms with E-state index in [1.165, 1.54) is 4.90 Å². The zero-order valence-electron chi connectivity index (χ0n) is 12.0. The van der Waals surface area contributed by atoms with E-state index in [-0.39, 0.29) is 6.04 Å². The Morgan fingerprint density at radius 2 is 2.19 bits per heavy atom. The van der Waals surface area contributed by atoms with Gasteiger partial charge in [-0.3, -0.25) is 9.55 Å². The molecule has 2 fully saturated rings. The third kappa shape index (κ3) is 3.63. The zero-order valence-corrected chi connectivity index (χ0v) is 12.8. The number of rotatable bonds is 5. The lowest BCUT2D eigenvalue weighted by molar-refractivity contribution is -0.0316. The molecule has 0 aliphatic carbocycles. The van der Waals surface area contributed by atoms with E-state index in [1.54, 1.807) is 0 Å². The molecule has 9 nitrogen and oxygen atoms in total. The van der Waals surface area contributed by atoms with E-state index >= 15 is 0 Å². The number of hydrogen-bond donors (Lipinski definition) is 2. The normalized spacial score (nSPS) is 26.9. The summed E-state index contributed by atoms with van der Waals surface area (Å²) < 4.78 is 34.6. The van der Waals surface area contributed by atoms with Gasteiger partial charge in [0, 0.05) is 13.1 Å². The van der Waals surface area contributed by atoms with Gasteiger partial charge in [-0.2, -0.15) is 13.5 Å². The molecule has 21 heavy (non-hydrogen) atoms. The number of aliphatic imine (C=N–C) groups is 1. The van der Waals surface area contributed by atoms with Crippen molar-refractivity contribution in [2.75, 3.05) is 13.1 Å². The number of carbonyl (C=O) groups excluding carboxylic acids is 1. The first kappa shape index (κ1) is 16.0. The van der Waals surface area contributed by atoms with Crippen LogP contribution in [0.4, 0.5) is 4.79 Å². The van der Waals surface area contributed by atoms with Crippen LogP contribution >= 0.6 is 0 Å². The molecule has 0 unspecified atom stereocenters. The fourth-order valence-electron chi connectivity index (χ4n) is 2.53. The molecule has 2 aliphatic rings. The van der Waals surface area contributed by atoms with Gasteiger partial charge in [-0.15, -0.1) is 4.28 Å². The molecule has 2 saturated heterocycles. The largest absolute Gasteiger partial charge is 0.418 e. The number of fused-ring (bicyclic) bond motifs is 2. The van der Waals surface area contributed by atoms with Gasteiger partial charge in [0.1, 0.15) is 5.84 Å². The van der Waals surface area contributed by atoms with Crippen LogP contribution in [-0.4, -0.2) is 60.0 Å². The van der Waals surface area contributed by atoms with E-state index in [0.29, 0.717) is 42.7 Å². The lowest BCUT2D eigenvalue weighted by Gasteiger charge is -2.29. The molecule has 10 heteroatoms. The van der Waals surface area contributed by atoms with Gasteiger partial charge in [0.2, 0.25) is 0 Å². The molecule has 2 aliphatic heterocycles. The van der Waals surface area contributed by atoms with Crippen LogP contribution in [0.2, 0.25) is 0 Å². The van der Waals surface area contributed by atoms with Gasteiger partial charge in [-0.05, 0) is 18.8 Å². The smallest absolute Gasteiger partial charge is 0.386 e. The number of piperidine rings is 1. The molecule has 0 spiro atoms. The average molecular weight is 320 g/mol. The molecule has 3 N–H and O–H groups in total. The zero-order chi connectivity index (χ0) is 15.8. The van der Waals surface area contributed by atoms with E-state index in [9.17, 15) is 13.2 Å². The van der Waals surface area contributed by atoms with Crippen molar-refractivity contribution in [1.82, 2.24) is 9.96 Å². The Morgan fingerprint density at radius 3 is 2.76 bits per heavy atom. The minimum Gasteiger partial charge on any atom is -0.386 e. The average Bonchev–Trinajstić information content (AvgIpc) is 2.60. The van der Waals surface area contributed by atoms with Crippen LogP contribution in [0.3, 0.4) is 0 Å². The van der Waals surface area contributed by atoms with Crippen LogP contribution in [0, 0.1) is 5.92 Å². The van der Waals surface area contributed by atoms with Crippen molar-refractivity contribution in [3.05, 3.63) is 0 Å². The fraction of sp³-hybridized carbons (Fsp3) is 0.818. The molecule has 2 amide bonds. The van der Waals surface area contributed by atoms with Crippen LogP contribution in [0.1, 0.15) is 26.7 Å². The Hall–Kier alpha value is -1.39. The SMILES string of the molecule is CC(C)CN=C(N)[C@@H]1CC[C@@H]2CN1C(=O)N2OS(=O)(=O)O. The maximum absolute atomic E-state index is 12.2. The first-order valence-corrected chi connectivity index (χ1v) is 8.12. The van der Waals surface area contributed by atoms with Crippen molar-refractivity contribution >= 4 is 22.3 Å². The van der Waals surface area contributed by atoms with Gasteiger partial charge >= 0.3 is 16.4 Å². The highest BCUT2D eigenvalue weighted by Gasteiger charge is 2.48. The Morgan fingerprint density at radius 1 is 1.52 bits per heavy atom. The number of urea groups is 1. The minimum atomic E-state index is -4.72. The van der Waals surface area contributed by atoms with Crippen molar-refractivity contribution in [3.8, 4) is 0 Å². The quantitative estimate of drug-likeness (QED) is 0.417. The second-order valence-corrected chi connectivity index (χ2v) is 6.67. The molecule has 2 atom stereocenters. The Bertz CT molecular complexity index is 547. The first-order valence-electron chi connectivity index (χ1n) is 6.75. The van der Waals surface area contributed by atoms with E-state index < -0.39 is 22.5 Å².